The van der Waals surface area contributed by atoms with Gasteiger partial charge in [0.2, 0.25) is 6.79 Å². The number of aromatic nitrogens is 2. The van der Waals surface area contributed by atoms with Crippen molar-refractivity contribution in [2.45, 2.75) is 0 Å². The van der Waals surface area contributed by atoms with E-state index < -0.39 is 17.5 Å². The Hall–Kier alpha value is -3.75. The Morgan fingerprint density at radius 1 is 1.07 bits per heavy atom. The number of benzene rings is 2. The minimum atomic E-state index is -0.848. The molecule has 1 aliphatic heterocycles. The Morgan fingerprint density at radius 3 is 2.78 bits per heavy atom. The lowest BCUT2D eigenvalue weighted by atomic mass is 10.2. The van der Waals surface area contributed by atoms with Crippen molar-refractivity contribution in [1.29, 1.82) is 0 Å². The SMILES string of the molecule is O=C(/C=C/c1ccc2c(c1)OCO2)Nc1nnc(-c2ccc(F)cc2F)o1. The highest BCUT2D eigenvalue weighted by atomic mass is 19.1. The molecule has 0 bridgehead atoms. The molecule has 0 saturated carbocycles. The molecule has 0 unspecified atom stereocenters. The highest BCUT2D eigenvalue weighted by Gasteiger charge is 2.15. The second kappa shape index (κ2) is 6.87. The summed E-state index contributed by atoms with van der Waals surface area (Å²) in [6, 6.07) is 7.95. The normalized spacial score (nSPS) is 12.5. The monoisotopic (exact) mass is 371 g/mol. The van der Waals surface area contributed by atoms with Crippen LogP contribution in [0.5, 0.6) is 11.5 Å². The highest BCUT2D eigenvalue weighted by Crippen LogP contribution is 2.32. The number of nitrogens with zero attached hydrogens (tertiary/aromatic N) is 2. The number of anilines is 1. The van der Waals surface area contributed by atoms with Gasteiger partial charge < -0.3 is 13.9 Å². The van der Waals surface area contributed by atoms with Crippen LogP contribution in [0.4, 0.5) is 14.8 Å². The average molecular weight is 371 g/mol. The predicted octanol–water partition coefficient (Wildman–Crippen LogP) is 3.40. The largest absolute Gasteiger partial charge is 0.454 e. The number of carbonyl (C=O) groups is 1. The van der Waals surface area contributed by atoms with Gasteiger partial charge in [0, 0.05) is 12.1 Å². The molecule has 3 aromatic rings. The van der Waals surface area contributed by atoms with E-state index in [-0.39, 0.29) is 24.3 Å². The van der Waals surface area contributed by atoms with Crippen molar-refractivity contribution in [2.75, 3.05) is 12.1 Å². The molecule has 27 heavy (non-hydrogen) atoms. The fourth-order valence-corrected chi connectivity index (χ4v) is 2.38. The van der Waals surface area contributed by atoms with Gasteiger partial charge in [-0.1, -0.05) is 11.2 Å². The minimum Gasteiger partial charge on any atom is -0.454 e. The summed E-state index contributed by atoms with van der Waals surface area (Å²) in [5, 5.41) is 9.63. The Morgan fingerprint density at radius 2 is 1.93 bits per heavy atom. The van der Waals surface area contributed by atoms with Crippen LogP contribution in [-0.4, -0.2) is 22.9 Å². The van der Waals surface area contributed by atoms with Crippen LogP contribution in [0, 0.1) is 11.6 Å². The summed E-state index contributed by atoms with van der Waals surface area (Å²) in [5.41, 5.74) is 0.661. The number of hydrogen-bond acceptors (Lipinski definition) is 6. The molecule has 136 valence electrons. The van der Waals surface area contributed by atoms with Crippen LogP contribution >= 0.6 is 0 Å². The van der Waals surface area contributed by atoms with E-state index in [1.165, 1.54) is 12.1 Å². The standard InChI is InChI=1S/C18H11F2N3O4/c19-11-3-4-12(13(20)8-11)17-22-23-18(27-17)21-16(24)6-2-10-1-5-14-15(7-10)26-9-25-14/h1-8H,9H2,(H,21,23,24)/b6-2+. The van der Waals surface area contributed by atoms with Crippen molar-refractivity contribution >= 4 is 18.0 Å². The van der Waals surface area contributed by atoms with Gasteiger partial charge in [0.05, 0.1) is 5.56 Å². The van der Waals surface area contributed by atoms with Gasteiger partial charge in [0.15, 0.2) is 11.5 Å². The topological polar surface area (TPSA) is 86.5 Å². The average Bonchev–Trinajstić information content (AvgIpc) is 3.29. The van der Waals surface area contributed by atoms with Crippen molar-refractivity contribution in [3.63, 3.8) is 0 Å². The molecular formula is C18H11F2N3O4. The molecule has 0 atom stereocenters. The molecule has 1 aromatic heterocycles. The van der Waals surface area contributed by atoms with Crippen LogP contribution in [0.25, 0.3) is 17.5 Å². The number of ether oxygens (including phenoxy) is 2. The number of fused-ring (bicyclic) bond motifs is 1. The van der Waals surface area contributed by atoms with Crippen LogP contribution in [0.2, 0.25) is 0 Å². The molecule has 1 N–H and O–H groups in total. The quantitative estimate of drug-likeness (QED) is 0.708. The summed E-state index contributed by atoms with van der Waals surface area (Å²) >= 11 is 0. The first kappa shape index (κ1) is 16.7. The van der Waals surface area contributed by atoms with Gasteiger partial charge in [-0.15, -0.1) is 5.10 Å². The van der Waals surface area contributed by atoms with E-state index in [4.69, 9.17) is 13.9 Å². The first-order valence-electron chi connectivity index (χ1n) is 7.76. The third-order valence-corrected chi connectivity index (χ3v) is 3.64. The minimum absolute atomic E-state index is 0.0692. The number of rotatable bonds is 4. The number of halogens is 2. The maximum atomic E-state index is 13.7. The molecular weight excluding hydrogens is 360 g/mol. The Bertz CT molecular complexity index is 1050. The van der Waals surface area contributed by atoms with Crippen LogP contribution in [0.3, 0.4) is 0 Å². The lowest BCUT2D eigenvalue weighted by Crippen LogP contribution is -2.07. The molecule has 2 heterocycles. The van der Waals surface area contributed by atoms with Crippen LogP contribution in [0.15, 0.2) is 46.9 Å². The van der Waals surface area contributed by atoms with E-state index in [9.17, 15) is 13.6 Å². The zero-order valence-corrected chi connectivity index (χ0v) is 13.6. The fourth-order valence-electron chi connectivity index (χ4n) is 2.38. The van der Waals surface area contributed by atoms with Gasteiger partial charge in [0.25, 0.3) is 11.8 Å². The van der Waals surface area contributed by atoms with Crippen molar-refractivity contribution in [1.82, 2.24) is 10.2 Å². The van der Waals surface area contributed by atoms with E-state index >= 15 is 0 Å². The molecule has 7 nitrogen and oxygen atoms in total. The van der Waals surface area contributed by atoms with Gasteiger partial charge in [-0.2, -0.15) is 0 Å². The summed E-state index contributed by atoms with van der Waals surface area (Å²) in [6.45, 7) is 0.164. The summed E-state index contributed by atoms with van der Waals surface area (Å²) in [7, 11) is 0. The number of carbonyl (C=O) groups excluding carboxylic acids is 1. The number of nitrogens with one attached hydrogen (secondary N) is 1. The van der Waals surface area contributed by atoms with E-state index in [0.717, 1.165) is 11.6 Å². The van der Waals surface area contributed by atoms with E-state index in [0.29, 0.717) is 17.6 Å². The third kappa shape index (κ3) is 3.61. The van der Waals surface area contributed by atoms with E-state index in [1.54, 1.807) is 24.3 Å². The molecule has 2 aromatic carbocycles. The molecule has 1 amide bonds. The summed E-state index contributed by atoms with van der Waals surface area (Å²) in [4.78, 5) is 12.0. The van der Waals surface area contributed by atoms with E-state index in [1.807, 2.05) is 0 Å². The van der Waals surface area contributed by atoms with Gasteiger partial charge in [-0.05, 0) is 35.9 Å². The maximum Gasteiger partial charge on any atom is 0.322 e. The molecule has 0 spiro atoms. The van der Waals surface area contributed by atoms with Gasteiger partial charge >= 0.3 is 6.01 Å². The zero-order valence-electron chi connectivity index (χ0n) is 13.6. The van der Waals surface area contributed by atoms with Crippen molar-refractivity contribution < 1.29 is 27.5 Å². The second-order valence-corrected chi connectivity index (χ2v) is 5.47. The van der Waals surface area contributed by atoms with Crippen molar-refractivity contribution in [3.05, 3.63) is 59.7 Å². The summed E-state index contributed by atoms with van der Waals surface area (Å²) < 4.78 is 42.3. The molecule has 0 saturated heterocycles. The molecule has 0 aliphatic carbocycles. The third-order valence-electron chi connectivity index (χ3n) is 3.64. The molecule has 4 rings (SSSR count). The first-order chi connectivity index (χ1) is 13.1. The molecule has 0 radical (unpaired) electrons. The van der Waals surface area contributed by atoms with Crippen LogP contribution < -0.4 is 14.8 Å². The Balaban J connectivity index is 1.43. The van der Waals surface area contributed by atoms with Gasteiger partial charge in [-0.3, -0.25) is 10.1 Å². The van der Waals surface area contributed by atoms with Crippen molar-refractivity contribution in [3.8, 4) is 23.0 Å². The van der Waals surface area contributed by atoms with E-state index in [2.05, 4.69) is 15.5 Å². The van der Waals surface area contributed by atoms with Crippen LogP contribution in [-0.2, 0) is 4.79 Å². The lowest BCUT2D eigenvalue weighted by Gasteiger charge is -1.98. The molecule has 0 fully saturated rings. The Kier molecular flexibility index (Phi) is 4.25. The number of hydrogen-bond donors (Lipinski definition) is 1. The molecule has 9 heteroatoms. The van der Waals surface area contributed by atoms with Crippen LogP contribution in [0.1, 0.15) is 5.56 Å². The van der Waals surface area contributed by atoms with Crippen molar-refractivity contribution in [2.24, 2.45) is 0 Å². The maximum absolute atomic E-state index is 13.7. The molecule has 1 aliphatic rings. The predicted molar refractivity (Wildman–Crippen MR) is 89.9 cm³/mol. The highest BCUT2D eigenvalue weighted by molar-refractivity contribution is 6.00. The summed E-state index contributed by atoms with van der Waals surface area (Å²) in [6.07, 6.45) is 2.83. The first-order valence-corrected chi connectivity index (χ1v) is 7.76. The second-order valence-electron chi connectivity index (χ2n) is 5.47. The fraction of sp³-hybridized carbons (Fsp3) is 0.0556. The lowest BCUT2D eigenvalue weighted by molar-refractivity contribution is -0.112. The van der Waals surface area contributed by atoms with Gasteiger partial charge in [0.1, 0.15) is 11.6 Å². The number of amides is 1. The Labute approximate surface area is 151 Å². The van der Waals surface area contributed by atoms with Gasteiger partial charge in [-0.25, -0.2) is 8.78 Å². The smallest absolute Gasteiger partial charge is 0.322 e. The summed E-state index contributed by atoms with van der Waals surface area (Å²) in [5.74, 6) is -1.04. The zero-order chi connectivity index (χ0) is 18.8.